The highest BCUT2D eigenvalue weighted by atomic mass is 35.5. The molecule has 1 N–H and O–H groups in total. The van der Waals surface area contributed by atoms with E-state index in [1.807, 2.05) is 14.0 Å². The van der Waals surface area contributed by atoms with Gasteiger partial charge < -0.3 is 5.11 Å². The Hall–Kier alpha value is -0.190. The van der Waals surface area contributed by atoms with Crippen molar-refractivity contribution in [3.05, 3.63) is 16.4 Å². The Morgan fingerprint density at radius 1 is 1.50 bits per heavy atom. The zero-order chi connectivity index (χ0) is 12.3. The van der Waals surface area contributed by atoms with E-state index in [9.17, 15) is 5.11 Å². The largest absolute Gasteiger partial charge is 0.392 e. The predicted octanol–water partition coefficient (Wildman–Crippen LogP) is 2.43. The van der Waals surface area contributed by atoms with E-state index in [-0.39, 0.29) is 6.10 Å². The molecule has 1 aromatic heterocycles. The second-order valence-corrected chi connectivity index (χ2v) is 6.20. The van der Waals surface area contributed by atoms with Crippen molar-refractivity contribution in [3.63, 3.8) is 0 Å². The Labute approximate surface area is 106 Å². The quantitative estimate of drug-likeness (QED) is 0.886. The fourth-order valence-electron chi connectivity index (χ4n) is 1.49. The number of aryl methyl sites for hydroxylation is 2. The molecule has 0 fully saturated rings. The number of halogens is 1. The van der Waals surface area contributed by atoms with E-state index >= 15 is 0 Å². The third-order valence-electron chi connectivity index (χ3n) is 2.31. The summed E-state index contributed by atoms with van der Waals surface area (Å²) >= 11 is 7.87. The van der Waals surface area contributed by atoms with Crippen LogP contribution in [-0.4, -0.2) is 32.0 Å². The van der Waals surface area contributed by atoms with Crippen LogP contribution >= 0.6 is 23.4 Å². The molecule has 92 valence electrons. The molecule has 1 atom stereocenters. The number of nitrogens with zero attached hydrogens (tertiary/aromatic N) is 2. The summed E-state index contributed by atoms with van der Waals surface area (Å²) in [5.41, 5.74) is 1.74. The van der Waals surface area contributed by atoms with Crippen LogP contribution in [0, 0.1) is 6.92 Å². The first-order chi connectivity index (χ1) is 7.41. The smallest absolute Gasteiger partial charge is 0.0847 e. The average Bonchev–Trinajstić information content (AvgIpc) is 2.42. The molecule has 0 saturated heterocycles. The van der Waals surface area contributed by atoms with Gasteiger partial charge in [-0.05, 0) is 12.2 Å². The fourth-order valence-corrected chi connectivity index (χ4v) is 2.45. The second kappa shape index (κ2) is 5.94. The van der Waals surface area contributed by atoms with Gasteiger partial charge in [0.15, 0.2) is 0 Å². The number of hydrogen-bond acceptors (Lipinski definition) is 3. The summed E-state index contributed by atoms with van der Waals surface area (Å²) in [6.45, 7) is 6.12. The van der Waals surface area contributed by atoms with E-state index in [1.165, 1.54) is 0 Å². The number of aromatic nitrogens is 2. The molecule has 0 aliphatic carbocycles. The topological polar surface area (TPSA) is 38.0 Å². The molecule has 1 heterocycles. The van der Waals surface area contributed by atoms with Crippen molar-refractivity contribution >= 4 is 23.4 Å². The van der Waals surface area contributed by atoms with Gasteiger partial charge in [-0.3, -0.25) is 4.68 Å². The van der Waals surface area contributed by atoms with Gasteiger partial charge in [-0.2, -0.15) is 16.9 Å². The Kier molecular flexibility index (Phi) is 5.15. The van der Waals surface area contributed by atoms with Crippen molar-refractivity contribution in [2.24, 2.45) is 7.05 Å². The van der Waals surface area contributed by atoms with Crippen LogP contribution < -0.4 is 0 Å². The maximum absolute atomic E-state index is 9.89. The minimum Gasteiger partial charge on any atom is -0.392 e. The lowest BCUT2D eigenvalue weighted by atomic mass is 10.2. The molecule has 0 amide bonds. The first-order valence-electron chi connectivity index (χ1n) is 5.39. The Bertz CT molecular complexity index is 352. The SMILES string of the molecule is Cc1nn(C)c(CC(O)CSC(C)C)c1Cl. The van der Waals surface area contributed by atoms with Crippen molar-refractivity contribution in [2.75, 3.05) is 5.75 Å². The third kappa shape index (κ3) is 3.68. The first-order valence-corrected chi connectivity index (χ1v) is 6.82. The summed E-state index contributed by atoms with van der Waals surface area (Å²) in [6, 6.07) is 0. The molecule has 0 saturated carbocycles. The van der Waals surface area contributed by atoms with Crippen LogP contribution in [-0.2, 0) is 13.5 Å². The zero-order valence-corrected chi connectivity index (χ0v) is 11.8. The van der Waals surface area contributed by atoms with Gasteiger partial charge in [0.2, 0.25) is 0 Å². The molecule has 1 aromatic rings. The molecule has 0 aliphatic rings. The number of thioether (sulfide) groups is 1. The molecule has 0 radical (unpaired) electrons. The van der Waals surface area contributed by atoms with E-state index in [0.717, 1.165) is 17.1 Å². The maximum Gasteiger partial charge on any atom is 0.0847 e. The van der Waals surface area contributed by atoms with Crippen molar-refractivity contribution in [3.8, 4) is 0 Å². The van der Waals surface area contributed by atoms with Crippen molar-refractivity contribution in [1.82, 2.24) is 9.78 Å². The molecule has 0 spiro atoms. The van der Waals surface area contributed by atoms with Crippen LogP contribution in [0.4, 0.5) is 0 Å². The number of hydrogen-bond donors (Lipinski definition) is 1. The van der Waals surface area contributed by atoms with Crippen LogP contribution in [0.15, 0.2) is 0 Å². The highest BCUT2D eigenvalue weighted by Crippen LogP contribution is 2.22. The van der Waals surface area contributed by atoms with Gasteiger partial charge in [-0.25, -0.2) is 0 Å². The molecule has 1 rings (SSSR count). The Balaban J connectivity index is 2.59. The van der Waals surface area contributed by atoms with Crippen LogP contribution in [0.3, 0.4) is 0 Å². The zero-order valence-electron chi connectivity index (χ0n) is 10.2. The number of aliphatic hydroxyl groups excluding tert-OH is 1. The summed E-state index contributed by atoms with van der Waals surface area (Å²) < 4.78 is 1.75. The molecule has 0 aromatic carbocycles. The molecular formula is C11H19ClN2OS. The van der Waals surface area contributed by atoms with Gasteiger partial charge in [0, 0.05) is 19.2 Å². The maximum atomic E-state index is 9.89. The molecule has 0 aliphatic heterocycles. The van der Waals surface area contributed by atoms with Gasteiger partial charge in [0.05, 0.1) is 22.5 Å². The van der Waals surface area contributed by atoms with Crippen LogP contribution in [0.1, 0.15) is 25.2 Å². The Morgan fingerprint density at radius 3 is 2.56 bits per heavy atom. The van der Waals surface area contributed by atoms with Gasteiger partial charge in [0.1, 0.15) is 0 Å². The normalized spacial score (nSPS) is 13.4. The summed E-state index contributed by atoms with van der Waals surface area (Å²) in [7, 11) is 1.86. The number of aliphatic hydroxyl groups is 1. The third-order valence-corrected chi connectivity index (χ3v) is 4.05. The van der Waals surface area contributed by atoms with E-state index < -0.39 is 0 Å². The Morgan fingerprint density at radius 2 is 2.12 bits per heavy atom. The summed E-state index contributed by atoms with van der Waals surface area (Å²) in [4.78, 5) is 0. The predicted molar refractivity (Wildman–Crippen MR) is 70.3 cm³/mol. The van der Waals surface area contributed by atoms with E-state index in [0.29, 0.717) is 16.7 Å². The highest BCUT2D eigenvalue weighted by molar-refractivity contribution is 7.99. The molecule has 5 heteroatoms. The molecule has 1 unspecified atom stereocenters. The summed E-state index contributed by atoms with van der Waals surface area (Å²) in [6.07, 6.45) is 0.204. The van der Waals surface area contributed by atoms with Crippen LogP contribution in [0.25, 0.3) is 0 Å². The lowest BCUT2D eigenvalue weighted by Gasteiger charge is -2.12. The van der Waals surface area contributed by atoms with Gasteiger partial charge in [-0.15, -0.1) is 0 Å². The lowest BCUT2D eigenvalue weighted by molar-refractivity contribution is 0.197. The number of rotatable bonds is 5. The first kappa shape index (κ1) is 13.9. The van der Waals surface area contributed by atoms with E-state index in [1.54, 1.807) is 16.4 Å². The van der Waals surface area contributed by atoms with Gasteiger partial charge in [-0.1, -0.05) is 25.4 Å². The van der Waals surface area contributed by atoms with E-state index in [2.05, 4.69) is 18.9 Å². The van der Waals surface area contributed by atoms with Crippen molar-refractivity contribution in [2.45, 2.75) is 38.5 Å². The molecule has 3 nitrogen and oxygen atoms in total. The highest BCUT2D eigenvalue weighted by Gasteiger charge is 2.15. The van der Waals surface area contributed by atoms with Crippen molar-refractivity contribution in [1.29, 1.82) is 0 Å². The average molecular weight is 263 g/mol. The van der Waals surface area contributed by atoms with Gasteiger partial charge in [0.25, 0.3) is 0 Å². The minimum atomic E-state index is -0.361. The van der Waals surface area contributed by atoms with Crippen LogP contribution in [0.2, 0.25) is 5.02 Å². The van der Waals surface area contributed by atoms with Gasteiger partial charge >= 0.3 is 0 Å². The summed E-state index contributed by atoms with van der Waals surface area (Å²) in [5.74, 6) is 0.734. The fraction of sp³-hybridized carbons (Fsp3) is 0.727. The summed E-state index contributed by atoms with van der Waals surface area (Å²) in [5, 5.41) is 15.3. The monoisotopic (exact) mass is 262 g/mol. The van der Waals surface area contributed by atoms with Crippen molar-refractivity contribution < 1.29 is 5.11 Å². The lowest BCUT2D eigenvalue weighted by Crippen LogP contribution is -2.17. The minimum absolute atomic E-state index is 0.361. The molecule has 0 bridgehead atoms. The standard InChI is InChI=1S/C11H19ClN2OS/c1-7(2)16-6-9(15)5-10-11(12)8(3)13-14(10)4/h7,9,15H,5-6H2,1-4H3. The second-order valence-electron chi connectivity index (χ2n) is 4.21. The van der Waals surface area contributed by atoms with E-state index in [4.69, 9.17) is 11.6 Å². The van der Waals surface area contributed by atoms with Crippen LogP contribution in [0.5, 0.6) is 0 Å². The molecule has 16 heavy (non-hydrogen) atoms. The molecular weight excluding hydrogens is 244 g/mol.